The number of carbonyl (C=O) groups is 2. The van der Waals surface area contributed by atoms with E-state index in [9.17, 15) is 9.59 Å². The normalized spacial score (nSPS) is 20.6. The summed E-state index contributed by atoms with van der Waals surface area (Å²) in [6.45, 7) is 17.3. The van der Waals surface area contributed by atoms with E-state index in [1.165, 1.54) is 15.4 Å². The molecule has 0 radical (unpaired) electrons. The van der Waals surface area contributed by atoms with E-state index >= 15 is 0 Å². The quantitative estimate of drug-likeness (QED) is 0.559. The van der Waals surface area contributed by atoms with E-state index in [1.807, 2.05) is 32.9 Å². The lowest BCUT2D eigenvalue weighted by molar-refractivity contribution is -0.930. The van der Waals surface area contributed by atoms with Crippen molar-refractivity contribution in [2.45, 2.75) is 58.9 Å². The second kappa shape index (κ2) is 9.72. The van der Waals surface area contributed by atoms with Gasteiger partial charge in [0.25, 0.3) is 11.8 Å². The van der Waals surface area contributed by atoms with Crippen LogP contribution in [0.4, 0.5) is 5.69 Å². The molecule has 0 aromatic heterocycles. The monoisotopic (exact) mass is 404 g/mol. The van der Waals surface area contributed by atoms with Gasteiger partial charge in [0, 0.05) is 17.6 Å². The molecule has 0 bridgehead atoms. The molecule has 29 heavy (non-hydrogen) atoms. The molecule has 2 atom stereocenters. The minimum atomic E-state index is -0.192. The van der Waals surface area contributed by atoms with Gasteiger partial charge in [0.2, 0.25) is 0 Å². The Hall–Kier alpha value is -1.92. The Bertz CT molecular complexity index is 686. The summed E-state index contributed by atoms with van der Waals surface area (Å²) in [7, 11) is 0. The maximum absolute atomic E-state index is 12.5. The first-order chi connectivity index (χ1) is 13.4. The minimum absolute atomic E-state index is 0.0532. The number of hydrogen-bond acceptors (Lipinski definition) is 2. The number of amides is 2. The lowest BCUT2D eigenvalue weighted by Crippen LogP contribution is -3.18. The number of quaternary nitrogens is 2. The number of carbonyl (C=O) groups excluding carboxylic acids is 2. The number of anilines is 1. The number of rotatable bonds is 5. The Morgan fingerprint density at radius 1 is 0.828 bits per heavy atom. The predicted molar refractivity (Wildman–Crippen MR) is 117 cm³/mol. The maximum atomic E-state index is 12.5. The van der Waals surface area contributed by atoms with Crippen molar-refractivity contribution in [2.75, 3.05) is 44.6 Å². The van der Waals surface area contributed by atoms with Crippen molar-refractivity contribution in [3.8, 4) is 0 Å². The highest BCUT2D eigenvalue weighted by Gasteiger charge is 2.25. The van der Waals surface area contributed by atoms with Crippen LogP contribution in [0, 0.1) is 0 Å². The zero-order chi connectivity index (χ0) is 21.7. The Morgan fingerprint density at radius 3 is 1.83 bits per heavy atom. The van der Waals surface area contributed by atoms with Gasteiger partial charge in [-0.15, -0.1) is 0 Å². The predicted octanol–water partition coefficient (Wildman–Crippen LogP) is 0.0108. The highest BCUT2D eigenvalue weighted by atomic mass is 16.2. The first-order valence-electron chi connectivity index (χ1n) is 10.8. The second-order valence-corrected chi connectivity index (χ2v) is 10.4. The fourth-order valence-electron chi connectivity index (χ4n) is 3.72. The van der Waals surface area contributed by atoms with Gasteiger partial charge in [-0.05, 0) is 43.9 Å². The molecule has 4 N–H and O–H groups in total. The van der Waals surface area contributed by atoms with Gasteiger partial charge >= 0.3 is 0 Å². The molecule has 6 nitrogen and oxygen atoms in total. The summed E-state index contributed by atoms with van der Waals surface area (Å²) < 4.78 is 0. The van der Waals surface area contributed by atoms with E-state index in [2.05, 4.69) is 43.5 Å². The molecule has 1 saturated heterocycles. The summed E-state index contributed by atoms with van der Waals surface area (Å²) in [5.74, 6) is 0.157. The zero-order valence-corrected chi connectivity index (χ0v) is 19.1. The van der Waals surface area contributed by atoms with Crippen molar-refractivity contribution in [2.24, 2.45) is 0 Å². The lowest BCUT2D eigenvalue weighted by Gasteiger charge is -2.22. The van der Waals surface area contributed by atoms with Gasteiger partial charge in [-0.3, -0.25) is 9.59 Å². The smallest absolute Gasteiger partial charge is 0.279 e. The van der Waals surface area contributed by atoms with Crippen LogP contribution in [-0.2, 0) is 15.0 Å². The second-order valence-electron chi connectivity index (χ2n) is 10.4. The Morgan fingerprint density at radius 2 is 1.34 bits per heavy atom. The Kier molecular flexibility index (Phi) is 7.83. The topological polar surface area (TPSA) is 67.1 Å². The number of hydrogen-bond donors (Lipinski definition) is 4. The molecule has 1 heterocycles. The molecule has 1 aliphatic rings. The molecule has 0 aliphatic carbocycles. The van der Waals surface area contributed by atoms with Gasteiger partial charge in [0.05, 0.1) is 13.1 Å². The largest absolute Gasteiger partial charge is 0.347 e. The molecule has 6 heteroatoms. The van der Waals surface area contributed by atoms with Gasteiger partial charge in [-0.1, -0.05) is 32.9 Å². The average molecular weight is 405 g/mol. The van der Waals surface area contributed by atoms with Crippen molar-refractivity contribution in [3.63, 3.8) is 0 Å². The third kappa shape index (κ3) is 8.54. The van der Waals surface area contributed by atoms with Crippen molar-refractivity contribution >= 4 is 17.5 Å². The summed E-state index contributed by atoms with van der Waals surface area (Å²) in [5.41, 5.74) is 2.02. The summed E-state index contributed by atoms with van der Waals surface area (Å²) in [5, 5.41) is 6.07. The van der Waals surface area contributed by atoms with Gasteiger partial charge in [0.1, 0.15) is 13.1 Å². The molecule has 162 valence electrons. The first-order valence-corrected chi connectivity index (χ1v) is 10.8. The van der Waals surface area contributed by atoms with Crippen LogP contribution < -0.4 is 20.4 Å². The summed E-state index contributed by atoms with van der Waals surface area (Å²) in [4.78, 5) is 27.3. The average Bonchev–Trinajstić information content (AvgIpc) is 2.78. The SMILES string of the molecule is CC(C)(C)NC(=O)C[NH+]1CCC[NH+](CC(=O)Nc2ccc(C(C)(C)C)cc2)CC1. The highest BCUT2D eigenvalue weighted by molar-refractivity contribution is 5.91. The number of nitrogens with one attached hydrogen (secondary N) is 4. The summed E-state index contributed by atoms with van der Waals surface area (Å²) >= 11 is 0. The van der Waals surface area contributed by atoms with Crippen LogP contribution in [0.15, 0.2) is 24.3 Å². The molecule has 1 aromatic carbocycles. The van der Waals surface area contributed by atoms with Crippen molar-refractivity contribution in [1.82, 2.24) is 5.32 Å². The van der Waals surface area contributed by atoms with Crippen molar-refractivity contribution in [3.05, 3.63) is 29.8 Å². The van der Waals surface area contributed by atoms with Crippen molar-refractivity contribution < 1.29 is 19.4 Å². The van der Waals surface area contributed by atoms with E-state index in [1.54, 1.807) is 0 Å². The molecule has 2 rings (SSSR count). The fourth-order valence-corrected chi connectivity index (χ4v) is 3.72. The van der Waals surface area contributed by atoms with Crippen LogP contribution in [0.5, 0.6) is 0 Å². The maximum Gasteiger partial charge on any atom is 0.279 e. The van der Waals surface area contributed by atoms with Gasteiger partial charge in [-0.25, -0.2) is 0 Å². The molecule has 0 spiro atoms. The first kappa shape index (κ1) is 23.4. The zero-order valence-electron chi connectivity index (χ0n) is 19.1. The third-order valence-electron chi connectivity index (χ3n) is 5.26. The third-order valence-corrected chi connectivity index (χ3v) is 5.26. The van der Waals surface area contributed by atoms with E-state index in [-0.39, 0.29) is 22.8 Å². The van der Waals surface area contributed by atoms with Crippen LogP contribution in [0.3, 0.4) is 0 Å². The molecular weight excluding hydrogens is 364 g/mol. The van der Waals surface area contributed by atoms with Crippen LogP contribution in [0.2, 0.25) is 0 Å². The van der Waals surface area contributed by atoms with Crippen LogP contribution >= 0.6 is 0 Å². The minimum Gasteiger partial charge on any atom is -0.347 e. The summed E-state index contributed by atoms with van der Waals surface area (Å²) in [6, 6.07) is 8.13. The molecule has 2 amide bonds. The van der Waals surface area contributed by atoms with Crippen LogP contribution in [0.25, 0.3) is 0 Å². The standard InChI is InChI=1S/C23H38N4O2/c1-22(2,3)18-8-10-19(11-9-18)24-20(28)16-26-12-7-13-27(15-14-26)17-21(29)25-23(4,5)6/h8-11H,7,12-17H2,1-6H3,(H,24,28)(H,25,29)/p+2. The summed E-state index contributed by atoms with van der Waals surface area (Å²) in [6.07, 6.45) is 1.03. The Labute approximate surface area is 176 Å². The molecular formula is C23H40N4O2+2. The molecule has 1 aromatic rings. The van der Waals surface area contributed by atoms with Gasteiger partial charge in [0.15, 0.2) is 13.1 Å². The van der Waals surface area contributed by atoms with Gasteiger partial charge < -0.3 is 20.4 Å². The van der Waals surface area contributed by atoms with Crippen molar-refractivity contribution in [1.29, 1.82) is 0 Å². The van der Waals surface area contributed by atoms with E-state index < -0.39 is 0 Å². The molecule has 1 aliphatic heterocycles. The van der Waals surface area contributed by atoms with Gasteiger partial charge in [-0.2, -0.15) is 0 Å². The highest BCUT2D eigenvalue weighted by Crippen LogP contribution is 2.23. The van der Waals surface area contributed by atoms with E-state index in [0.29, 0.717) is 13.1 Å². The molecule has 2 unspecified atom stereocenters. The van der Waals surface area contributed by atoms with E-state index in [0.717, 1.165) is 38.3 Å². The van der Waals surface area contributed by atoms with Crippen LogP contribution in [-0.4, -0.2) is 56.6 Å². The fraction of sp³-hybridized carbons (Fsp3) is 0.652. The van der Waals surface area contributed by atoms with E-state index in [4.69, 9.17) is 0 Å². The molecule has 1 fully saturated rings. The number of benzene rings is 1. The molecule has 0 saturated carbocycles. The van der Waals surface area contributed by atoms with Crippen LogP contribution in [0.1, 0.15) is 53.5 Å². The Balaban J connectivity index is 1.79. The lowest BCUT2D eigenvalue weighted by atomic mass is 9.87.